The Morgan fingerprint density at radius 3 is 2.39 bits per heavy atom. The Balaban J connectivity index is 2.46. The molecule has 4 nitrogen and oxygen atoms in total. The zero-order valence-corrected chi connectivity index (χ0v) is 11.3. The molecule has 1 aromatic rings. The number of nitrogens with one attached hydrogen (secondary N) is 1. The van der Waals surface area contributed by atoms with Crippen molar-refractivity contribution in [1.82, 2.24) is 5.32 Å². The lowest BCUT2D eigenvalue weighted by atomic mass is 9.95. The monoisotopic (exact) mass is 250 g/mol. The first-order valence-corrected chi connectivity index (χ1v) is 6.51. The standard InChI is InChI=1S/C14H22N2O2/c1-4-15-12(3)11(2)5-6-13-7-9-14(10-8-13)16(17)18/h7-12,15H,4-6H2,1-3H3. The number of non-ortho nitro benzene ring substituents is 1. The van der Waals surface area contributed by atoms with Gasteiger partial charge in [0.15, 0.2) is 0 Å². The van der Waals surface area contributed by atoms with Crippen LogP contribution in [0.4, 0.5) is 5.69 Å². The molecule has 0 aliphatic carbocycles. The second-order valence-electron chi connectivity index (χ2n) is 4.79. The lowest BCUT2D eigenvalue weighted by molar-refractivity contribution is -0.384. The zero-order valence-electron chi connectivity index (χ0n) is 11.3. The normalized spacial score (nSPS) is 14.2. The number of nitro groups is 1. The SMILES string of the molecule is CCNC(C)C(C)CCc1ccc([N+](=O)[O-])cc1. The smallest absolute Gasteiger partial charge is 0.269 e. The number of benzene rings is 1. The van der Waals surface area contributed by atoms with Gasteiger partial charge in [-0.1, -0.05) is 26.0 Å². The van der Waals surface area contributed by atoms with Gasteiger partial charge in [0.2, 0.25) is 0 Å². The number of hydrogen-bond donors (Lipinski definition) is 1. The van der Waals surface area contributed by atoms with Crippen LogP contribution < -0.4 is 5.32 Å². The molecule has 0 bridgehead atoms. The minimum Gasteiger partial charge on any atom is -0.314 e. The van der Waals surface area contributed by atoms with Crippen LogP contribution in [0.2, 0.25) is 0 Å². The Bertz CT molecular complexity index is 376. The molecule has 18 heavy (non-hydrogen) atoms. The Morgan fingerprint density at radius 2 is 1.89 bits per heavy atom. The first kappa shape index (κ1) is 14.6. The molecular formula is C14H22N2O2. The average Bonchev–Trinajstić information content (AvgIpc) is 2.36. The van der Waals surface area contributed by atoms with E-state index >= 15 is 0 Å². The molecule has 0 aliphatic rings. The van der Waals surface area contributed by atoms with Crippen LogP contribution in [0.25, 0.3) is 0 Å². The summed E-state index contributed by atoms with van der Waals surface area (Å²) in [6.07, 6.45) is 2.06. The van der Waals surface area contributed by atoms with Crippen molar-refractivity contribution in [3.63, 3.8) is 0 Å². The Labute approximate surface area is 109 Å². The van der Waals surface area contributed by atoms with Crippen LogP contribution in [0.15, 0.2) is 24.3 Å². The lowest BCUT2D eigenvalue weighted by Gasteiger charge is -2.20. The molecule has 0 saturated heterocycles. The van der Waals surface area contributed by atoms with Gasteiger partial charge >= 0.3 is 0 Å². The molecule has 1 aromatic carbocycles. The molecule has 0 fully saturated rings. The van der Waals surface area contributed by atoms with E-state index in [9.17, 15) is 10.1 Å². The summed E-state index contributed by atoms with van der Waals surface area (Å²) in [5.74, 6) is 0.597. The fourth-order valence-electron chi connectivity index (χ4n) is 1.95. The van der Waals surface area contributed by atoms with E-state index in [0.29, 0.717) is 12.0 Å². The van der Waals surface area contributed by atoms with Crippen LogP contribution in [-0.4, -0.2) is 17.5 Å². The number of aryl methyl sites for hydroxylation is 1. The number of hydrogen-bond acceptors (Lipinski definition) is 3. The molecule has 2 atom stereocenters. The summed E-state index contributed by atoms with van der Waals surface area (Å²) in [5.41, 5.74) is 1.32. The predicted octanol–water partition coefficient (Wildman–Crippen LogP) is 3.16. The fraction of sp³-hybridized carbons (Fsp3) is 0.571. The average molecular weight is 250 g/mol. The molecule has 100 valence electrons. The van der Waals surface area contributed by atoms with E-state index in [1.807, 2.05) is 12.1 Å². The van der Waals surface area contributed by atoms with Gasteiger partial charge in [-0.25, -0.2) is 0 Å². The molecule has 0 saturated carbocycles. The van der Waals surface area contributed by atoms with Gasteiger partial charge in [-0.3, -0.25) is 10.1 Å². The molecule has 1 rings (SSSR count). The molecule has 0 spiro atoms. The Kier molecular flexibility index (Phi) is 5.78. The maximum atomic E-state index is 10.5. The number of nitrogens with zero attached hydrogens (tertiary/aromatic N) is 1. The Morgan fingerprint density at radius 1 is 1.28 bits per heavy atom. The first-order valence-electron chi connectivity index (χ1n) is 6.51. The van der Waals surface area contributed by atoms with E-state index in [2.05, 4.69) is 26.1 Å². The highest BCUT2D eigenvalue weighted by molar-refractivity contribution is 5.32. The maximum absolute atomic E-state index is 10.5. The second-order valence-corrected chi connectivity index (χ2v) is 4.79. The van der Waals surface area contributed by atoms with E-state index < -0.39 is 0 Å². The number of rotatable bonds is 7. The molecule has 0 aromatic heterocycles. The third-order valence-electron chi connectivity index (χ3n) is 3.42. The van der Waals surface area contributed by atoms with Crippen molar-refractivity contribution in [2.45, 2.75) is 39.7 Å². The van der Waals surface area contributed by atoms with Crippen molar-refractivity contribution in [2.75, 3.05) is 6.54 Å². The molecule has 2 unspecified atom stereocenters. The highest BCUT2D eigenvalue weighted by Crippen LogP contribution is 2.16. The highest BCUT2D eigenvalue weighted by atomic mass is 16.6. The quantitative estimate of drug-likeness (QED) is 0.597. The van der Waals surface area contributed by atoms with Gasteiger partial charge in [0.1, 0.15) is 0 Å². The third-order valence-corrected chi connectivity index (χ3v) is 3.42. The minimum atomic E-state index is -0.361. The van der Waals surface area contributed by atoms with Crippen LogP contribution in [0.1, 0.15) is 32.8 Å². The molecular weight excluding hydrogens is 228 g/mol. The molecule has 4 heteroatoms. The van der Waals surface area contributed by atoms with Gasteiger partial charge in [-0.15, -0.1) is 0 Å². The van der Waals surface area contributed by atoms with Crippen molar-refractivity contribution in [2.24, 2.45) is 5.92 Å². The van der Waals surface area contributed by atoms with Crippen molar-refractivity contribution in [3.05, 3.63) is 39.9 Å². The van der Waals surface area contributed by atoms with Crippen LogP contribution >= 0.6 is 0 Å². The van der Waals surface area contributed by atoms with Gasteiger partial charge in [0, 0.05) is 18.2 Å². The van der Waals surface area contributed by atoms with Gasteiger partial charge in [-0.2, -0.15) is 0 Å². The van der Waals surface area contributed by atoms with Gasteiger partial charge < -0.3 is 5.32 Å². The van der Waals surface area contributed by atoms with Crippen molar-refractivity contribution >= 4 is 5.69 Å². The van der Waals surface area contributed by atoms with Crippen LogP contribution in [0.3, 0.4) is 0 Å². The van der Waals surface area contributed by atoms with E-state index in [0.717, 1.165) is 24.9 Å². The Hall–Kier alpha value is -1.42. The first-order chi connectivity index (χ1) is 8.54. The van der Waals surface area contributed by atoms with Crippen molar-refractivity contribution < 1.29 is 4.92 Å². The van der Waals surface area contributed by atoms with E-state index in [1.54, 1.807) is 12.1 Å². The second kappa shape index (κ2) is 7.11. The predicted molar refractivity (Wildman–Crippen MR) is 73.7 cm³/mol. The summed E-state index contributed by atoms with van der Waals surface area (Å²) in [6, 6.07) is 7.36. The summed E-state index contributed by atoms with van der Waals surface area (Å²) in [6.45, 7) is 7.53. The fourth-order valence-corrected chi connectivity index (χ4v) is 1.95. The van der Waals surface area contributed by atoms with E-state index in [1.165, 1.54) is 0 Å². The van der Waals surface area contributed by atoms with Crippen molar-refractivity contribution in [1.29, 1.82) is 0 Å². The number of nitro benzene ring substituents is 1. The van der Waals surface area contributed by atoms with Crippen LogP contribution in [-0.2, 0) is 6.42 Å². The summed E-state index contributed by atoms with van der Waals surface area (Å²) in [5, 5.41) is 14.0. The van der Waals surface area contributed by atoms with Crippen LogP contribution in [0.5, 0.6) is 0 Å². The van der Waals surface area contributed by atoms with E-state index in [4.69, 9.17) is 0 Å². The zero-order chi connectivity index (χ0) is 13.5. The molecule has 1 N–H and O–H groups in total. The van der Waals surface area contributed by atoms with Crippen LogP contribution in [0, 0.1) is 16.0 Å². The van der Waals surface area contributed by atoms with Gasteiger partial charge in [0.25, 0.3) is 5.69 Å². The highest BCUT2D eigenvalue weighted by Gasteiger charge is 2.11. The van der Waals surface area contributed by atoms with Gasteiger partial charge in [0.05, 0.1) is 4.92 Å². The summed E-state index contributed by atoms with van der Waals surface area (Å²) >= 11 is 0. The van der Waals surface area contributed by atoms with E-state index in [-0.39, 0.29) is 10.6 Å². The lowest BCUT2D eigenvalue weighted by Crippen LogP contribution is -2.32. The van der Waals surface area contributed by atoms with Gasteiger partial charge in [-0.05, 0) is 37.8 Å². The molecule has 0 heterocycles. The third kappa shape index (κ3) is 4.45. The topological polar surface area (TPSA) is 55.2 Å². The largest absolute Gasteiger partial charge is 0.314 e. The molecule has 0 aliphatic heterocycles. The molecule has 0 amide bonds. The minimum absolute atomic E-state index is 0.160. The molecule has 0 radical (unpaired) electrons. The van der Waals surface area contributed by atoms with Crippen molar-refractivity contribution in [3.8, 4) is 0 Å². The maximum Gasteiger partial charge on any atom is 0.269 e. The summed E-state index contributed by atoms with van der Waals surface area (Å²) < 4.78 is 0. The summed E-state index contributed by atoms with van der Waals surface area (Å²) in [4.78, 5) is 10.2. The summed E-state index contributed by atoms with van der Waals surface area (Å²) in [7, 11) is 0.